The van der Waals surface area contributed by atoms with Crippen LogP contribution in [0.5, 0.6) is 0 Å². The summed E-state index contributed by atoms with van der Waals surface area (Å²) in [5, 5.41) is 6.62. The summed E-state index contributed by atoms with van der Waals surface area (Å²) >= 11 is 8.42. The molecule has 212 valence electrons. The van der Waals surface area contributed by atoms with Crippen LogP contribution in [0.2, 0.25) is 0 Å². The maximum atomic E-state index is 4.86. The number of hydrogen-bond acceptors (Lipinski definition) is 9. The zero-order valence-corrected chi connectivity index (χ0v) is 27.6. The number of fused-ring (bicyclic) bond motifs is 1. The van der Waals surface area contributed by atoms with E-state index in [1.165, 1.54) is 84.0 Å². The Hall–Kier alpha value is -2.30. The summed E-state index contributed by atoms with van der Waals surface area (Å²) in [6.45, 7) is 4.53. The van der Waals surface area contributed by atoms with E-state index < -0.39 is 0 Å². The monoisotopic (exact) mass is 634 g/mol. The number of aromatic nitrogens is 4. The van der Waals surface area contributed by atoms with Crippen molar-refractivity contribution < 1.29 is 0 Å². The standard InChI is InChI=1S/C32H34N4S5/c1-3-5-7-9-11-21-15-17-37-29(21)31-33-19-25(39-31)23-13-14-24(28-27(23)35-41-36-28)26-20-34-32(40-26)30-22(16-18-38-30)12-10-8-6-4-2/h13-20H,3-12H2,1-2H3. The summed E-state index contributed by atoms with van der Waals surface area (Å²) in [5.74, 6) is 0. The lowest BCUT2D eigenvalue weighted by Crippen LogP contribution is -1.85. The van der Waals surface area contributed by atoms with Gasteiger partial charge < -0.3 is 0 Å². The van der Waals surface area contributed by atoms with E-state index in [0.717, 1.165) is 54.8 Å². The molecule has 0 saturated carbocycles. The quantitative estimate of drug-likeness (QED) is 0.112. The minimum atomic E-state index is 0.955. The first-order valence-corrected chi connectivity index (χ1v) is 18.7. The van der Waals surface area contributed by atoms with Crippen molar-refractivity contribution in [1.29, 1.82) is 0 Å². The highest BCUT2D eigenvalue weighted by molar-refractivity contribution is 7.23. The average Bonchev–Trinajstić information content (AvgIpc) is 3.82. The predicted octanol–water partition coefficient (Wildman–Crippen LogP) is 11.6. The Morgan fingerprint density at radius 3 is 1.54 bits per heavy atom. The summed E-state index contributed by atoms with van der Waals surface area (Å²) in [6, 6.07) is 8.94. The van der Waals surface area contributed by atoms with Gasteiger partial charge in [-0.05, 0) is 59.7 Å². The summed E-state index contributed by atoms with van der Waals surface area (Å²) in [7, 11) is 0. The van der Waals surface area contributed by atoms with Gasteiger partial charge in [0.2, 0.25) is 0 Å². The van der Waals surface area contributed by atoms with Gasteiger partial charge in [0, 0.05) is 23.5 Å². The molecule has 4 nitrogen and oxygen atoms in total. The second-order valence-corrected chi connectivity index (χ2v) is 14.8. The molecule has 0 aliphatic heterocycles. The Kier molecular flexibility index (Phi) is 9.68. The van der Waals surface area contributed by atoms with Crippen molar-refractivity contribution in [2.75, 3.05) is 0 Å². The maximum Gasteiger partial charge on any atom is 0.134 e. The molecule has 0 saturated heterocycles. The molecule has 0 N–H and O–H groups in total. The number of unbranched alkanes of at least 4 members (excludes halogenated alkanes) is 6. The predicted molar refractivity (Wildman–Crippen MR) is 182 cm³/mol. The van der Waals surface area contributed by atoms with Crippen LogP contribution in [0.25, 0.3) is 51.7 Å². The fraction of sp³-hybridized carbons (Fsp3) is 0.375. The van der Waals surface area contributed by atoms with E-state index in [4.69, 9.17) is 18.7 Å². The van der Waals surface area contributed by atoms with E-state index in [2.05, 4.69) is 48.9 Å². The Balaban J connectivity index is 1.24. The number of thiazole rings is 2. The SMILES string of the molecule is CCCCCCc1ccsc1-c1ncc(-c2ccc(-c3cnc(-c4sccc4CCCCCC)s3)c3nsnc23)s1. The first-order chi connectivity index (χ1) is 20.3. The summed E-state index contributed by atoms with van der Waals surface area (Å²) in [4.78, 5) is 14.6. The van der Waals surface area contributed by atoms with E-state index in [-0.39, 0.29) is 0 Å². The van der Waals surface area contributed by atoms with Crippen molar-refractivity contribution in [1.82, 2.24) is 18.7 Å². The molecule has 5 aromatic heterocycles. The van der Waals surface area contributed by atoms with Gasteiger partial charge in [0.25, 0.3) is 0 Å². The minimum absolute atomic E-state index is 0.955. The fourth-order valence-electron chi connectivity index (χ4n) is 5.20. The second-order valence-electron chi connectivity index (χ2n) is 10.4. The van der Waals surface area contributed by atoms with E-state index in [0.29, 0.717) is 0 Å². The Morgan fingerprint density at radius 1 is 0.585 bits per heavy atom. The first kappa shape index (κ1) is 28.8. The molecule has 0 spiro atoms. The van der Waals surface area contributed by atoms with Gasteiger partial charge >= 0.3 is 0 Å². The highest BCUT2D eigenvalue weighted by Crippen LogP contribution is 2.43. The third kappa shape index (κ3) is 6.39. The van der Waals surface area contributed by atoms with Crippen LogP contribution in [0.15, 0.2) is 47.4 Å². The minimum Gasteiger partial charge on any atom is -0.243 e. The zero-order chi connectivity index (χ0) is 28.0. The van der Waals surface area contributed by atoms with Gasteiger partial charge in [-0.1, -0.05) is 64.5 Å². The van der Waals surface area contributed by atoms with Gasteiger partial charge in [-0.2, -0.15) is 8.75 Å². The zero-order valence-electron chi connectivity index (χ0n) is 23.5. The fourth-order valence-corrected chi connectivity index (χ4v) is 9.83. The van der Waals surface area contributed by atoms with Crippen LogP contribution in [0, 0.1) is 0 Å². The van der Waals surface area contributed by atoms with E-state index in [9.17, 15) is 0 Å². The van der Waals surface area contributed by atoms with Crippen LogP contribution in [-0.2, 0) is 12.8 Å². The van der Waals surface area contributed by atoms with Crippen LogP contribution in [0.4, 0.5) is 0 Å². The molecule has 0 bridgehead atoms. The van der Waals surface area contributed by atoms with Crippen molar-refractivity contribution in [3.63, 3.8) is 0 Å². The van der Waals surface area contributed by atoms with Gasteiger partial charge in [-0.25, -0.2) is 9.97 Å². The third-order valence-electron chi connectivity index (χ3n) is 7.44. The van der Waals surface area contributed by atoms with Gasteiger partial charge in [0.1, 0.15) is 21.0 Å². The number of rotatable bonds is 14. The molecule has 0 amide bonds. The number of benzene rings is 1. The molecule has 6 rings (SSSR count). The summed E-state index contributed by atoms with van der Waals surface area (Å²) in [6.07, 6.45) is 16.5. The molecule has 41 heavy (non-hydrogen) atoms. The molecule has 9 heteroatoms. The Bertz CT molecular complexity index is 1580. The van der Waals surface area contributed by atoms with Crippen LogP contribution in [0.1, 0.15) is 76.3 Å². The smallest absolute Gasteiger partial charge is 0.134 e. The second kappa shape index (κ2) is 13.8. The van der Waals surface area contributed by atoms with Crippen molar-refractivity contribution >= 4 is 68.1 Å². The molecule has 0 radical (unpaired) electrons. The molecular formula is C32H34N4S5. The van der Waals surface area contributed by atoms with Crippen LogP contribution >= 0.6 is 57.1 Å². The average molecular weight is 635 g/mol. The largest absolute Gasteiger partial charge is 0.243 e. The number of hydrogen-bond donors (Lipinski definition) is 0. The molecule has 1 aromatic carbocycles. The number of nitrogens with zero attached hydrogens (tertiary/aromatic N) is 4. The number of thiophene rings is 2. The molecule has 0 aliphatic rings. The Morgan fingerprint density at radius 2 is 1.07 bits per heavy atom. The Labute approximate surface area is 262 Å². The van der Waals surface area contributed by atoms with Gasteiger partial charge in [-0.15, -0.1) is 45.3 Å². The van der Waals surface area contributed by atoms with Crippen molar-refractivity contribution in [3.05, 3.63) is 58.5 Å². The third-order valence-corrected chi connectivity index (χ3v) is 12.2. The van der Waals surface area contributed by atoms with Gasteiger partial charge in [-0.3, -0.25) is 0 Å². The molecule has 0 atom stereocenters. The van der Waals surface area contributed by atoms with Crippen LogP contribution < -0.4 is 0 Å². The molecule has 0 fully saturated rings. The highest BCUT2D eigenvalue weighted by Gasteiger charge is 2.19. The van der Waals surface area contributed by atoms with E-state index in [1.807, 2.05) is 12.4 Å². The van der Waals surface area contributed by atoms with E-state index in [1.54, 1.807) is 45.3 Å². The maximum absolute atomic E-state index is 4.86. The van der Waals surface area contributed by atoms with Crippen molar-refractivity contribution in [2.45, 2.75) is 78.1 Å². The number of aryl methyl sites for hydroxylation is 2. The van der Waals surface area contributed by atoms with E-state index >= 15 is 0 Å². The van der Waals surface area contributed by atoms with Crippen LogP contribution in [-0.4, -0.2) is 18.7 Å². The summed E-state index contributed by atoms with van der Waals surface area (Å²) in [5.41, 5.74) is 6.99. The highest BCUT2D eigenvalue weighted by atomic mass is 32.1. The lowest BCUT2D eigenvalue weighted by molar-refractivity contribution is 0.668. The normalized spacial score (nSPS) is 11.7. The van der Waals surface area contributed by atoms with Gasteiger partial charge in [0.15, 0.2) is 0 Å². The molecule has 5 heterocycles. The van der Waals surface area contributed by atoms with Crippen molar-refractivity contribution in [3.8, 4) is 40.7 Å². The molecular weight excluding hydrogens is 601 g/mol. The molecule has 0 unspecified atom stereocenters. The summed E-state index contributed by atoms with van der Waals surface area (Å²) < 4.78 is 9.49. The van der Waals surface area contributed by atoms with Crippen LogP contribution in [0.3, 0.4) is 0 Å². The molecule has 6 aromatic rings. The van der Waals surface area contributed by atoms with Gasteiger partial charge in [0.05, 0.1) is 31.2 Å². The molecule has 0 aliphatic carbocycles. The lowest BCUT2D eigenvalue weighted by atomic mass is 10.1. The van der Waals surface area contributed by atoms with Crippen molar-refractivity contribution in [2.24, 2.45) is 0 Å². The lowest BCUT2D eigenvalue weighted by Gasteiger charge is -2.03. The first-order valence-electron chi connectivity index (χ1n) is 14.6. The topological polar surface area (TPSA) is 51.6 Å².